The maximum absolute atomic E-state index is 4.49. The monoisotopic (exact) mass is 332 g/mol. The minimum Gasteiger partial charge on any atom is -0.312 e. The Bertz CT molecular complexity index is 655. The lowest BCUT2D eigenvalue weighted by atomic mass is 9.95. The molecule has 0 radical (unpaired) electrons. The number of nitrogens with zero attached hydrogens (tertiary/aromatic N) is 5. The van der Waals surface area contributed by atoms with E-state index in [1.54, 1.807) is 0 Å². The fourth-order valence-corrected chi connectivity index (χ4v) is 4.48. The van der Waals surface area contributed by atoms with Crippen LogP contribution in [0.25, 0.3) is 0 Å². The lowest BCUT2D eigenvalue weighted by Crippen LogP contribution is -2.34. The van der Waals surface area contributed by atoms with E-state index in [1.807, 2.05) is 11.3 Å². The van der Waals surface area contributed by atoms with Gasteiger partial charge in [0.1, 0.15) is 11.6 Å². The Kier molecular flexibility index (Phi) is 4.41. The molecule has 124 valence electrons. The van der Waals surface area contributed by atoms with Gasteiger partial charge in [-0.1, -0.05) is 6.92 Å². The second kappa shape index (κ2) is 6.67. The van der Waals surface area contributed by atoms with E-state index in [2.05, 4.69) is 43.1 Å². The molecule has 0 spiro atoms. The Morgan fingerprint density at radius 3 is 2.91 bits per heavy atom. The molecule has 4 rings (SSSR count). The van der Waals surface area contributed by atoms with E-state index in [0.717, 1.165) is 51.5 Å². The van der Waals surface area contributed by atoms with Crippen LogP contribution in [0.1, 0.15) is 47.2 Å². The van der Waals surface area contributed by atoms with E-state index >= 15 is 0 Å². The molecule has 2 aliphatic heterocycles. The number of hydrogen-bond donors (Lipinski definition) is 1. The highest BCUT2D eigenvalue weighted by molar-refractivity contribution is 7.11. The van der Waals surface area contributed by atoms with Crippen molar-refractivity contribution in [3.05, 3.63) is 27.7 Å². The highest BCUT2D eigenvalue weighted by atomic mass is 32.1. The number of rotatable bonds is 4. The van der Waals surface area contributed by atoms with Gasteiger partial charge < -0.3 is 9.88 Å². The molecule has 7 heteroatoms. The zero-order chi connectivity index (χ0) is 15.6. The second-order valence-corrected chi connectivity index (χ2v) is 7.63. The van der Waals surface area contributed by atoms with Crippen LogP contribution < -0.4 is 5.32 Å². The predicted molar refractivity (Wildman–Crippen MR) is 90.5 cm³/mol. The van der Waals surface area contributed by atoms with E-state index in [-0.39, 0.29) is 0 Å². The first-order valence-corrected chi connectivity index (χ1v) is 9.43. The largest absolute Gasteiger partial charge is 0.312 e. The van der Waals surface area contributed by atoms with Crippen molar-refractivity contribution in [1.82, 2.24) is 30.0 Å². The third kappa shape index (κ3) is 3.18. The Morgan fingerprint density at radius 1 is 1.26 bits per heavy atom. The van der Waals surface area contributed by atoms with Crippen molar-refractivity contribution in [1.29, 1.82) is 0 Å². The van der Waals surface area contributed by atoms with Crippen LogP contribution in [0.4, 0.5) is 0 Å². The number of fused-ring (bicyclic) bond motifs is 1. The Hall–Kier alpha value is -1.31. The van der Waals surface area contributed by atoms with Crippen molar-refractivity contribution in [2.45, 2.75) is 51.7 Å². The second-order valence-electron chi connectivity index (χ2n) is 6.43. The summed E-state index contributed by atoms with van der Waals surface area (Å²) in [6.45, 7) is 8.40. The van der Waals surface area contributed by atoms with Crippen molar-refractivity contribution in [2.75, 3.05) is 19.6 Å². The summed E-state index contributed by atoms with van der Waals surface area (Å²) in [5, 5.41) is 13.5. The summed E-state index contributed by atoms with van der Waals surface area (Å²) in [5.41, 5.74) is 0. The lowest BCUT2D eigenvalue weighted by molar-refractivity contribution is 0.201. The van der Waals surface area contributed by atoms with Crippen molar-refractivity contribution < 1.29 is 0 Å². The van der Waals surface area contributed by atoms with Gasteiger partial charge >= 0.3 is 0 Å². The van der Waals surface area contributed by atoms with E-state index in [1.165, 1.54) is 28.6 Å². The van der Waals surface area contributed by atoms with Crippen LogP contribution in [0.5, 0.6) is 0 Å². The summed E-state index contributed by atoms with van der Waals surface area (Å²) in [6.07, 6.45) is 5.47. The fourth-order valence-electron chi connectivity index (χ4n) is 3.57. The van der Waals surface area contributed by atoms with Crippen LogP contribution in [-0.2, 0) is 26.1 Å². The fraction of sp³-hybridized carbons (Fsp3) is 0.688. The third-order valence-electron chi connectivity index (χ3n) is 4.89. The molecular formula is C16H24N6S. The quantitative estimate of drug-likeness (QED) is 0.925. The maximum Gasteiger partial charge on any atom is 0.147 e. The SMILES string of the molecule is CCc1ncc(CN2CCC(c3nnc4n3CCNC4)CC2)s1. The van der Waals surface area contributed by atoms with Crippen LogP contribution in [-0.4, -0.2) is 44.3 Å². The van der Waals surface area contributed by atoms with Crippen molar-refractivity contribution in [3.63, 3.8) is 0 Å². The summed E-state index contributed by atoms with van der Waals surface area (Å²) in [6, 6.07) is 0. The standard InChI is InChI=1S/C16H24N6S/c1-2-15-18-9-13(23-15)11-21-6-3-12(4-7-21)16-20-19-14-10-17-5-8-22(14)16/h9,12,17H,2-8,10-11H2,1H3. The van der Waals surface area contributed by atoms with Gasteiger partial charge in [0.15, 0.2) is 0 Å². The first kappa shape index (κ1) is 15.2. The zero-order valence-corrected chi connectivity index (χ0v) is 14.5. The van der Waals surface area contributed by atoms with Gasteiger partial charge in [0.25, 0.3) is 0 Å². The number of aryl methyl sites for hydroxylation is 1. The van der Waals surface area contributed by atoms with Gasteiger partial charge in [0, 0.05) is 36.6 Å². The molecule has 0 bridgehead atoms. The van der Waals surface area contributed by atoms with Crippen LogP contribution >= 0.6 is 11.3 Å². The first-order valence-electron chi connectivity index (χ1n) is 8.62. The van der Waals surface area contributed by atoms with Crippen molar-refractivity contribution in [2.24, 2.45) is 0 Å². The van der Waals surface area contributed by atoms with Gasteiger partial charge in [-0.15, -0.1) is 21.5 Å². The predicted octanol–water partition coefficient (Wildman–Crippen LogP) is 1.78. The molecule has 0 saturated carbocycles. The topological polar surface area (TPSA) is 58.9 Å². The highest BCUT2D eigenvalue weighted by Gasteiger charge is 2.27. The van der Waals surface area contributed by atoms with Gasteiger partial charge in [0.05, 0.1) is 11.6 Å². The molecule has 0 aliphatic carbocycles. The molecule has 2 aromatic rings. The average molecular weight is 332 g/mol. The van der Waals surface area contributed by atoms with Crippen molar-refractivity contribution >= 4 is 11.3 Å². The minimum atomic E-state index is 0.568. The number of likely N-dealkylation sites (tertiary alicyclic amines) is 1. The summed E-state index contributed by atoms with van der Waals surface area (Å²) < 4.78 is 2.34. The molecule has 0 amide bonds. The molecule has 23 heavy (non-hydrogen) atoms. The first-order chi connectivity index (χ1) is 11.3. The minimum absolute atomic E-state index is 0.568. The Morgan fingerprint density at radius 2 is 2.13 bits per heavy atom. The van der Waals surface area contributed by atoms with Crippen LogP contribution in [0.3, 0.4) is 0 Å². The molecule has 1 saturated heterocycles. The zero-order valence-electron chi connectivity index (χ0n) is 13.7. The van der Waals surface area contributed by atoms with E-state index < -0.39 is 0 Å². The average Bonchev–Trinajstić information content (AvgIpc) is 3.22. The molecule has 0 unspecified atom stereocenters. The molecule has 1 N–H and O–H groups in total. The number of piperidine rings is 1. The summed E-state index contributed by atoms with van der Waals surface area (Å²) in [7, 11) is 0. The molecular weight excluding hydrogens is 308 g/mol. The molecule has 6 nitrogen and oxygen atoms in total. The van der Waals surface area contributed by atoms with E-state index in [9.17, 15) is 0 Å². The maximum atomic E-state index is 4.49. The Labute approximate surface area is 140 Å². The van der Waals surface area contributed by atoms with E-state index in [4.69, 9.17) is 0 Å². The van der Waals surface area contributed by atoms with Gasteiger partial charge in [-0.3, -0.25) is 4.90 Å². The number of aromatic nitrogens is 4. The third-order valence-corrected chi connectivity index (χ3v) is 6.01. The van der Waals surface area contributed by atoms with Gasteiger partial charge in [0.2, 0.25) is 0 Å². The lowest BCUT2D eigenvalue weighted by Gasteiger charge is -2.31. The molecule has 1 fully saturated rings. The summed E-state index contributed by atoms with van der Waals surface area (Å²) >= 11 is 1.86. The van der Waals surface area contributed by atoms with Gasteiger partial charge in [-0.25, -0.2) is 4.98 Å². The van der Waals surface area contributed by atoms with Crippen LogP contribution in [0, 0.1) is 0 Å². The van der Waals surface area contributed by atoms with Crippen LogP contribution in [0.2, 0.25) is 0 Å². The summed E-state index contributed by atoms with van der Waals surface area (Å²) in [4.78, 5) is 8.42. The van der Waals surface area contributed by atoms with Crippen LogP contribution in [0.15, 0.2) is 6.20 Å². The van der Waals surface area contributed by atoms with Gasteiger partial charge in [-0.05, 0) is 32.4 Å². The highest BCUT2D eigenvalue weighted by Crippen LogP contribution is 2.29. The summed E-state index contributed by atoms with van der Waals surface area (Å²) in [5.74, 6) is 2.89. The van der Waals surface area contributed by atoms with Gasteiger partial charge in [-0.2, -0.15) is 0 Å². The molecule has 2 aromatic heterocycles. The normalized spacial score (nSPS) is 19.9. The number of thiazole rings is 1. The van der Waals surface area contributed by atoms with Crippen molar-refractivity contribution in [3.8, 4) is 0 Å². The number of hydrogen-bond acceptors (Lipinski definition) is 6. The molecule has 4 heterocycles. The molecule has 0 atom stereocenters. The number of nitrogens with one attached hydrogen (secondary N) is 1. The molecule has 0 aromatic carbocycles. The van der Waals surface area contributed by atoms with E-state index in [0.29, 0.717) is 5.92 Å². The Balaban J connectivity index is 1.36. The smallest absolute Gasteiger partial charge is 0.147 e. The molecule has 2 aliphatic rings.